The van der Waals surface area contributed by atoms with Crippen LogP contribution in [0.1, 0.15) is 0 Å². The van der Waals surface area contributed by atoms with Crippen LogP contribution in [0, 0.1) is 0 Å². The highest BCUT2D eigenvalue weighted by atomic mass is 32.1. The van der Waals surface area contributed by atoms with E-state index in [-0.39, 0.29) is 0 Å². The highest BCUT2D eigenvalue weighted by Gasteiger charge is 2.41. The van der Waals surface area contributed by atoms with Crippen LogP contribution in [-0.4, -0.2) is 22.6 Å². The van der Waals surface area contributed by atoms with Crippen LogP contribution in [0.5, 0.6) is 0 Å². The summed E-state index contributed by atoms with van der Waals surface area (Å²) < 4.78 is 5.06. The number of hydrogen-bond donors (Lipinski definition) is 0. The summed E-state index contributed by atoms with van der Waals surface area (Å²) in [7, 11) is -2.04. The molecule has 4 heterocycles. The molecule has 0 saturated carbocycles. The maximum Gasteiger partial charge on any atom is 0.162 e. The van der Waals surface area contributed by atoms with Gasteiger partial charge in [-0.25, -0.2) is 9.97 Å². The lowest BCUT2D eigenvalue weighted by atomic mass is 10.1. The Balaban J connectivity index is 1.29. The summed E-state index contributed by atoms with van der Waals surface area (Å²) in [4.78, 5) is 11.0. The van der Waals surface area contributed by atoms with Gasteiger partial charge in [0.15, 0.2) is 5.82 Å². The van der Waals surface area contributed by atoms with Gasteiger partial charge in [0.25, 0.3) is 0 Å². The second kappa shape index (κ2) is 9.82. The zero-order chi connectivity index (χ0) is 31.3. The molecule has 10 rings (SSSR count). The maximum absolute atomic E-state index is 5.49. The Kier molecular flexibility index (Phi) is 5.60. The van der Waals surface area contributed by atoms with Crippen molar-refractivity contribution in [2.45, 2.75) is 13.1 Å². The molecule has 0 bridgehead atoms. The van der Waals surface area contributed by atoms with Crippen molar-refractivity contribution in [2.75, 3.05) is 0 Å². The lowest BCUT2D eigenvalue weighted by Gasteiger charge is -2.22. The third kappa shape index (κ3) is 3.78. The first-order chi connectivity index (χ1) is 23.1. The molecule has 0 spiro atoms. The molecule has 222 valence electrons. The summed E-state index contributed by atoms with van der Waals surface area (Å²) >= 11 is 1.87. The van der Waals surface area contributed by atoms with Gasteiger partial charge in [-0.2, -0.15) is 0 Å². The first-order valence-corrected chi connectivity index (χ1v) is 19.9. The summed E-state index contributed by atoms with van der Waals surface area (Å²) in [6.07, 6.45) is 0. The van der Waals surface area contributed by atoms with Crippen LogP contribution in [0.4, 0.5) is 0 Å². The van der Waals surface area contributed by atoms with E-state index in [9.17, 15) is 0 Å². The predicted molar refractivity (Wildman–Crippen MR) is 202 cm³/mol. The van der Waals surface area contributed by atoms with Gasteiger partial charge in [0, 0.05) is 42.1 Å². The van der Waals surface area contributed by atoms with E-state index in [0.29, 0.717) is 0 Å². The van der Waals surface area contributed by atoms with Gasteiger partial charge in [-0.15, -0.1) is 11.3 Å². The molecule has 1 aliphatic rings. The molecule has 0 N–H and O–H groups in total. The summed E-state index contributed by atoms with van der Waals surface area (Å²) in [5.74, 6) is 0.757. The lowest BCUT2D eigenvalue weighted by molar-refractivity contribution is 1.14. The Morgan fingerprint density at radius 1 is 0.532 bits per heavy atom. The summed E-state index contributed by atoms with van der Waals surface area (Å²) in [6.45, 7) is 4.88. The van der Waals surface area contributed by atoms with Crippen LogP contribution < -0.4 is 10.4 Å². The monoisotopic (exact) mass is 635 g/mol. The van der Waals surface area contributed by atoms with Gasteiger partial charge in [-0.1, -0.05) is 116 Å². The van der Waals surface area contributed by atoms with Gasteiger partial charge in [0.1, 0.15) is 8.07 Å². The molecule has 0 aliphatic carbocycles. The Morgan fingerprint density at radius 3 is 2.09 bits per heavy atom. The maximum atomic E-state index is 5.49. The van der Waals surface area contributed by atoms with Crippen LogP contribution >= 0.6 is 11.3 Å². The molecule has 3 nitrogen and oxygen atoms in total. The van der Waals surface area contributed by atoms with Gasteiger partial charge in [-0.3, -0.25) is 0 Å². The fourth-order valence-electron chi connectivity index (χ4n) is 7.85. The number of rotatable bonds is 3. The zero-order valence-corrected chi connectivity index (χ0v) is 27.8. The Labute approximate surface area is 277 Å². The molecular formula is C42H29N3SSi. The SMILES string of the molecule is C[Si]1(C)c2ccccc2-c2nc(-c3ccccc3-n3c4ccccc4c4cc5sc6ccccc6c5cc43)nc(-c3ccccc3)c21. The van der Waals surface area contributed by atoms with Gasteiger partial charge >= 0.3 is 0 Å². The normalized spacial score (nSPS) is 13.5. The zero-order valence-electron chi connectivity index (χ0n) is 26.0. The van der Waals surface area contributed by atoms with E-state index in [1.54, 1.807) is 0 Å². The van der Waals surface area contributed by atoms with Gasteiger partial charge in [-0.05, 0) is 52.3 Å². The number of thiophene rings is 1. The fourth-order valence-corrected chi connectivity index (χ4v) is 12.2. The van der Waals surface area contributed by atoms with Gasteiger partial charge in [0.05, 0.1) is 28.1 Å². The molecule has 3 aromatic heterocycles. The van der Waals surface area contributed by atoms with E-state index in [1.165, 1.54) is 57.9 Å². The van der Waals surface area contributed by atoms with Crippen LogP contribution in [-0.2, 0) is 0 Å². The minimum Gasteiger partial charge on any atom is -0.308 e. The average molecular weight is 636 g/mol. The first kappa shape index (κ1) is 26.8. The van der Waals surface area contributed by atoms with Crippen LogP contribution in [0.3, 0.4) is 0 Å². The molecule has 0 fully saturated rings. The van der Waals surface area contributed by atoms with Crippen LogP contribution in [0.2, 0.25) is 13.1 Å². The molecule has 0 saturated heterocycles. The Hall–Kier alpha value is -5.36. The fraction of sp³-hybridized carbons (Fsp3) is 0.0476. The summed E-state index contributed by atoms with van der Waals surface area (Å²) in [6, 6.07) is 50.5. The average Bonchev–Trinajstić information content (AvgIpc) is 3.72. The molecule has 0 radical (unpaired) electrons. The highest BCUT2D eigenvalue weighted by Crippen LogP contribution is 2.42. The van der Waals surface area contributed by atoms with E-state index in [1.807, 2.05) is 11.3 Å². The minimum absolute atomic E-state index is 0.757. The third-order valence-electron chi connectivity index (χ3n) is 9.99. The second-order valence-corrected chi connectivity index (χ2v) is 18.4. The van der Waals surface area contributed by atoms with E-state index < -0.39 is 8.07 Å². The number of nitrogens with zero attached hydrogens (tertiary/aromatic N) is 3. The third-order valence-corrected chi connectivity index (χ3v) is 14.6. The van der Waals surface area contributed by atoms with E-state index in [2.05, 4.69) is 157 Å². The van der Waals surface area contributed by atoms with Crippen molar-refractivity contribution in [3.63, 3.8) is 0 Å². The van der Waals surface area contributed by atoms with Crippen molar-refractivity contribution < 1.29 is 0 Å². The second-order valence-electron chi connectivity index (χ2n) is 13.0. The molecule has 5 heteroatoms. The quantitative estimate of drug-likeness (QED) is 0.181. The number of hydrogen-bond acceptors (Lipinski definition) is 3. The minimum atomic E-state index is -2.04. The number of para-hydroxylation sites is 2. The van der Waals surface area contributed by atoms with Crippen molar-refractivity contribution in [1.29, 1.82) is 0 Å². The molecule has 9 aromatic rings. The predicted octanol–water partition coefficient (Wildman–Crippen LogP) is 10.1. The number of aromatic nitrogens is 3. The largest absolute Gasteiger partial charge is 0.308 e. The van der Waals surface area contributed by atoms with Crippen molar-refractivity contribution in [3.8, 4) is 39.6 Å². The van der Waals surface area contributed by atoms with Gasteiger partial charge in [0.2, 0.25) is 0 Å². The van der Waals surface area contributed by atoms with E-state index in [4.69, 9.17) is 9.97 Å². The van der Waals surface area contributed by atoms with E-state index in [0.717, 1.165) is 34.0 Å². The van der Waals surface area contributed by atoms with E-state index >= 15 is 0 Å². The first-order valence-electron chi connectivity index (χ1n) is 16.1. The van der Waals surface area contributed by atoms with Crippen molar-refractivity contribution in [3.05, 3.63) is 140 Å². The van der Waals surface area contributed by atoms with Crippen molar-refractivity contribution in [1.82, 2.24) is 14.5 Å². The molecule has 1 aliphatic heterocycles. The van der Waals surface area contributed by atoms with Gasteiger partial charge < -0.3 is 4.57 Å². The molecular weight excluding hydrogens is 607 g/mol. The summed E-state index contributed by atoms with van der Waals surface area (Å²) in [5.41, 5.74) is 9.02. The lowest BCUT2D eigenvalue weighted by Crippen LogP contribution is -2.50. The Morgan fingerprint density at radius 2 is 1.21 bits per heavy atom. The molecule has 47 heavy (non-hydrogen) atoms. The molecule has 0 atom stereocenters. The topological polar surface area (TPSA) is 30.7 Å². The number of fused-ring (bicyclic) bond motifs is 9. The standard InChI is InChI=1S/C42H29N3SSi/c1-47(2)38-23-13-9-19-30(38)40-41(47)39(26-14-4-3-5-15-26)43-42(44-40)29-18-7-11-21-34(29)45-33-20-10-6-16-27(33)31-25-37-32(24-35(31)45)28-17-8-12-22-36(28)46-37/h3-25H,1-2H3. The number of benzene rings is 6. The highest BCUT2D eigenvalue weighted by molar-refractivity contribution is 7.25. The Bertz CT molecular complexity index is 2720. The van der Waals surface area contributed by atoms with Crippen LogP contribution in [0.15, 0.2) is 140 Å². The molecule has 6 aromatic carbocycles. The van der Waals surface area contributed by atoms with Crippen LogP contribution in [0.25, 0.3) is 81.6 Å². The molecule has 0 amide bonds. The smallest absolute Gasteiger partial charge is 0.162 e. The summed E-state index contributed by atoms with van der Waals surface area (Å²) in [5, 5.41) is 7.87. The molecule has 0 unspecified atom stereocenters. The van der Waals surface area contributed by atoms with Crippen molar-refractivity contribution in [2.24, 2.45) is 0 Å². The van der Waals surface area contributed by atoms with Crippen molar-refractivity contribution >= 4 is 71.8 Å².